The van der Waals surface area contributed by atoms with E-state index in [-0.39, 0.29) is 5.82 Å². The smallest absolute Gasteiger partial charge is 0.132 e. The van der Waals surface area contributed by atoms with Gasteiger partial charge in [-0.1, -0.05) is 19.9 Å². The highest BCUT2D eigenvalue weighted by Crippen LogP contribution is 2.21. The fourth-order valence-electron chi connectivity index (χ4n) is 1.62. The Hall–Kier alpha value is -1.44. The molecule has 15 heavy (non-hydrogen) atoms. The lowest BCUT2D eigenvalue weighted by Gasteiger charge is -2.14. The van der Waals surface area contributed by atoms with Crippen LogP contribution >= 0.6 is 0 Å². The van der Waals surface area contributed by atoms with Crippen LogP contribution in [0.2, 0.25) is 0 Å². The van der Waals surface area contributed by atoms with Gasteiger partial charge in [-0.3, -0.25) is 4.99 Å². The van der Waals surface area contributed by atoms with E-state index in [0.717, 1.165) is 29.8 Å². The molecule has 1 nitrogen and oxygen atoms in total. The molecule has 0 bridgehead atoms. The van der Waals surface area contributed by atoms with Crippen LogP contribution in [0, 0.1) is 5.82 Å². The van der Waals surface area contributed by atoms with E-state index in [2.05, 4.69) is 11.9 Å². The molecule has 0 aromatic heterocycles. The number of nitrogens with zero attached hydrogens (tertiary/aromatic N) is 1. The lowest BCUT2D eigenvalue weighted by Crippen LogP contribution is -2.09. The third-order valence-electron chi connectivity index (χ3n) is 2.64. The van der Waals surface area contributed by atoms with Gasteiger partial charge in [0.25, 0.3) is 0 Å². The lowest BCUT2D eigenvalue weighted by atomic mass is 10.0. The molecule has 0 N–H and O–H groups in total. The molecular weight excluding hydrogens is 189 g/mol. The van der Waals surface area contributed by atoms with Crippen molar-refractivity contribution in [3.05, 3.63) is 46.9 Å². The van der Waals surface area contributed by atoms with Crippen LogP contribution in [0.4, 0.5) is 4.39 Å². The van der Waals surface area contributed by atoms with Crippen molar-refractivity contribution in [3.63, 3.8) is 0 Å². The summed E-state index contributed by atoms with van der Waals surface area (Å²) >= 11 is 0. The molecule has 0 atom stereocenters. The molecule has 2 rings (SSSR count). The first-order chi connectivity index (χ1) is 7.24. The molecule has 0 saturated heterocycles. The highest BCUT2D eigenvalue weighted by Gasteiger charge is 2.14. The van der Waals surface area contributed by atoms with Gasteiger partial charge < -0.3 is 0 Å². The van der Waals surface area contributed by atoms with Gasteiger partial charge in [-0.2, -0.15) is 0 Å². The predicted octanol–water partition coefficient (Wildman–Crippen LogP) is 3.48. The lowest BCUT2D eigenvalue weighted by molar-refractivity contribution is 0.624. The van der Waals surface area contributed by atoms with E-state index in [4.69, 9.17) is 0 Å². The molecule has 0 unspecified atom stereocenters. The Morgan fingerprint density at radius 3 is 2.53 bits per heavy atom. The van der Waals surface area contributed by atoms with Crippen LogP contribution in [0.15, 0.2) is 35.0 Å². The fourth-order valence-corrected chi connectivity index (χ4v) is 1.62. The average molecular weight is 203 g/mol. The molecule has 78 valence electrons. The Balaban J connectivity index is 2.29. The Labute approximate surface area is 89.4 Å². The minimum absolute atomic E-state index is 0.183. The molecule has 1 aromatic carbocycles. The van der Waals surface area contributed by atoms with Crippen molar-refractivity contribution in [2.45, 2.75) is 26.7 Å². The zero-order valence-electron chi connectivity index (χ0n) is 9.05. The van der Waals surface area contributed by atoms with Crippen LogP contribution in [0.3, 0.4) is 0 Å². The highest BCUT2D eigenvalue weighted by atomic mass is 19.1. The number of aliphatic imine (C=N–C) groups is 1. The summed E-state index contributed by atoms with van der Waals surface area (Å²) in [7, 11) is 0. The normalized spacial score (nSPS) is 14.3. The summed E-state index contributed by atoms with van der Waals surface area (Å²) in [6.45, 7) is 4.11. The average Bonchev–Trinajstić information content (AvgIpc) is 2.19. The van der Waals surface area contributed by atoms with E-state index < -0.39 is 0 Å². The number of rotatable bonds is 3. The van der Waals surface area contributed by atoms with Gasteiger partial charge in [-0.15, -0.1) is 0 Å². The summed E-state index contributed by atoms with van der Waals surface area (Å²) < 4.78 is 13.5. The Bertz CT molecular complexity index is 444. The maximum Gasteiger partial charge on any atom is 0.132 e. The third-order valence-corrected chi connectivity index (χ3v) is 2.64. The maximum absolute atomic E-state index is 13.5. The van der Waals surface area contributed by atoms with E-state index in [1.807, 2.05) is 25.1 Å². The maximum atomic E-state index is 13.5. The molecule has 1 aliphatic rings. The summed E-state index contributed by atoms with van der Waals surface area (Å²) in [6, 6.07) is 5.23. The van der Waals surface area contributed by atoms with Gasteiger partial charge in [0.05, 0.1) is 5.71 Å². The summed E-state index contributed by atoms with van der Waals surface area (Å²) in [4.78, 5) is 4.28. The largest absolute Gasteiger partial charge is 0.253 e. The molecule has 0 saturated carbocycles. The summed E-state index contributed by atoms with van der Waals surface area (Å²) in [5.41, 5.74) is 3.60. The van der Waals surface area contributed by atoms with Crippen molar-refractivity contribution in [2.24, 2.45) is 4.99 Å². The van der Waals surface area contributed by atoms with Crippen LogP contribution in [-0.2, 0) is 6.42 Å². The van der Waals surface area contributed by atoms with Crippen LogP contribution in [0.25, 0.3) is 0 Å². The molecule has 2 heteroatoms. The van der Waals surface area contributed by atoms with Gasteiger partial charge in [0.2, 0.25) is 0 Å². The molecule has 0 aliphatic carbocycles. The van der Waals surface area contributed by atoms with E-state index in [1.54, 1.807) is 0 Å². The van der Waals surface area contributed by atoms with E-state index in [1.165, 1.54) is 6.07 Å². The number of hydrogen-bond acceptors (Lipinski definition) is 1. The first kappa shape index (κ1) is 10.1. The van der Waals surface area contributed by atoms with Crippen molar-refractivity contribution in [1.82, 2.24) is 0 Å². The predicted molar refractivity (Wildman–Crippen MR) is 60.7 cm³/mol. The fraction of sp³-hybridized carbons (Fsp3) is 0.308. The first-order valence-electron chi connectivity index (χ1n) is 5.32. The molecule has 1 aliphatic heterocycles. The van der Waals surface area contributed by atoms with Crippen molar-refractivity contribution in [3.8, 4) is 0 Å². The van der Waals surface area contributed by atoms with Crippen LogP contribution in [0.1, 0.15) is 31.4 Å². The van der Waals surface area contributed by atoms with E-state index in [9.17, 15) is 4.39 Å². The summed E-state index contributed by atoms with van der Waals surface area (Å²) in [5, 5.41) is 0. The van der Waals surface area contributed by atoms with Crippen molar-refractivity contribution < 1.29 is 4.39 Å². The molecule has 0 amide bonds. The number of halogens is 1. The minimum Gasteiger partial charge on any atom is -0.253 e. The van der Waals surface area contributed by atoms with Crippen LogP contribution in [0.5, 0.6) is 0 Å². The Morgan fingerprint density at radius 1 is 1.20 bits per heavy atom. The minimum atomic E-state index is -0.183. The molecule has 1 heterocycles. The van der Waals surface area contributed by atoms with Gasteiger partial charge in [-0.05, 0) is 36.6 Å². The SMILES string of the molecule is CCC1=CC(c2cc(CC)ccc2F)=N1. The van der Waals surface area contributed by atoms with Crippen molar-refractivity contribution in [1.29, 1.82) is 0 Å². The quantitative estimate of drug-likeness (QED) is 0.713. The molecule has 0 radical (unpaired) electrons. The van der Waals surface area contributed by atoms with Crippen LogP contribution < -0.4 is 0 Å². The Morgan fingerprint density at radius 2 is 1.93 bits per heavy atom. The van der Waals surface area contributed by atoms with Crippen LogP contribution in [-0.4, -0.2) is 5.71 Å². The molecule has 0 fully saturated rings. The summed E-state index contributed by atoms with van der Waals surface area (Å²) in [5.74, 6) is -0.183. The van der Waals surface area contributed by atoms with Gasteiger partial charge in [-0.25, -0.2) is 4.39 Å². The monoisotopic (exact) mass is 203 g/mol. The van der Waals surface area contributed by atoms with E-state index >= 15 is 0 Å². The topological polar surface area (TPSA) is 12.4 Å². The second kappa shape index (κ2) is 3.97. The molecular formula is C13H14FN. The van der Waals surface area contributed by atoms with Crippen molar-refractivity contribution in [2.75, 3.05) is 0 Å². The second-order valence-electron chi connectivity index (χ2n) is 3.65. The number of hydrogen-bond donors (Lipinski definition) is 0. The van der Waals surface area contributed by atoms with E-state index in [0.29, 0.717) is 5.56 Å². The standard InChI is InChI=1S/C13H14FN/c1-3-9-5-6-12(14)11(7-9)13-8-10(4-2)15-13/h5-8H,3-4H2,1-2H3. The number of allylic oxidation sites excluding steroid dienone is 2. The number of aryl methyl sites for hydroxylation is 1. The first-order valence-corrected chi connectivity index (χ1v) is 5.32. The van der Waals surface area contributed by atoms with Gasteiger partial charge in [0.15, 0.2) is 0 Å². The second-order valence-corrected chi connectivity index (χ2v) is 3.65. The van der Waals surface area contributed by atoms with Crippen molar-refractivity contribution >= 4 is 5.71 Å². The molecule has 1 aromatic rings. The zero-order chi connectivity index (χ0) is 10.8. The highest BCUT2D eigenvalue weighted by molar-refractivity contribution is 6.13. The zero-order valence-corrected chi connectivity index (χ0v) is 9.05. The van der Waals surface area contributed by atoms with Gasteiger partial charge >= 0.3 is 0 Å². The third kappa shape index (κ3) is 1.84. The number of benzene rings is 1. The Kier molecular flexibility index (Phi) is 2.67. The van der Waals surface area contributed by atoms with Gasteiger partial charge in [0.1, 0.15) is 5.82 Å². The van der Waals surface area contributed by atoms with Gasteiger partial charge in [0, 0.05) is 11.3 Å². The molecule has 0 spiro atoms. The summed E-state index contributed by atoms with van der Waals surface area (Å²) in [6.07, 6.45) is 3.79.